The largest absolute Gasteiger partial charge is 0.399 e. The Hall–Kier alpha value is -0.870. The van der Waals surface area contributed by atoms with Gasteiger partial charge in [0.05, 0.1) is 0 Å². The molecule has 0 radical (unpaired) electrons. The molecular weight excluding hydrogens is 148 g/mol. The summed E-state index contributed by atoms with van der Waals surface area (Å²) in [7, 11) is 0. The van der Waals surface area contributed by atoms with E-state index in [0.717, 1.165) is 0 Å². The zero-order valence-corrected chi connectivity index (χ0v) is 6.06. The molecule has 0 aliphatic carbocycles. The fourth-order valence-corrected chi connectivity index (χ4v) is 1.08. The first-order valence-corrected chi connectivity index (χ1v) is 3.47. The minimum absolute atomic E-state index is 0.566. The van der Waals surface area contributed by atoms with Crippen LogP contribution in [0.5, 0.6) is 0 Å². The summed E-state index contributed by atoms with van der Waals surface area (Å²) in [5, 5.41) is 0. The van der Waals surface area contributed by atoms with E-state index in [0.29, 0.717) is 28.3 Å². The summed E-state index contributed by atoms with van der Waals surface area (Å²) in [6, 6.07) is 4.95. The van der Waals surface area contributed by atoms with E-state index >= 15 is 0 Å². The summed E-state index contributed by atoms with van der Waals surface area (Å²) in [5.41, 5.74) is 12.0. The Bertz CT molecular complexity index is 219. The molecule has 0 spiro atoms. The first kappa shape index (κ1) is 7.24. The molecule has 1 aromatic rings. The Morgan fingerprint density at radius 1 is 1.10 bits per heavy atom. The van der Waals surface area contributed by atoms with Crippen molar-refractivity contribution in [2.24, 2.45) is 0 Å². The van der Waals surface area contributed by atoms with Crippen molar-refractivity contribution < 1.29 is 4.55 Å². The lowest BCUT2D eigenvalue weighted by Crippen LogP contribution is -1.89. The lowest BCUT2D eigenvalue weighted by Gasteiger charge is -1.98. The fraction of sp³-hybridized carbons (Fsp3) is 0. The predicted octanol–water partition coefficient (Wildman–Crippen LogP) is 1.42. The highest BCUT2D eigenvalue weighted by atomic mass is 32.2. The summed E-state index contributed by atoms with van der Waals surface area (Å²) in [5.74, 6) is 0. The first-order valence-electron chi connectivity index (χ1n) is 2.70. The van der Waals surface area contributed by atoms with E-state index in [1.807, 2.05) is 0 Å². The monoisotopic (exact) mass is 156 g/mol. The van der Waals surface area contributed by atoms with Gasteiger partial charge in [-0.25, -0.2) is 0 Å². The summed E-state index contributed by atoms with van der Waals surface area (Å²) < 4.78 is 8.59. The predicted molar refractivity (Wildman–Crippen MR) is 43.8 cm³/mol. The molecule has 0 saturated carbocycles. The Morgan fingerprint density at radius 2 is 1.60 bits per heavy atom. The number of rotatable bonds is 1. The van der Waals surface area contributed by atoms with E-state index in [-0.39, 0.29) is 0 Å². The van der Waals surface area contributed by atoms with Crippen molar-refractivity contribution in [1.29, 1.82) is 0 Å². The number of nitrogen functional groups attached to an aromatic ring is 2. The van der Waals surface area contributed by atoms with E-state index < -0.39 is 0 Å². The van der Waals surface area contributed by atoms with Gasteiger partial charge in [-0.05, 0) is 18.2 Å². The van der Waals surface area contributed by atoms with Gasteiger partial charge in [-0.2, -0.15) is 0 Å². The third-order valence-corrected chi connectivity index (χ3v) is 1.50. The van der Waals surface area contributed by atoms with E-state index in [1.165, 1.54) is 0 Å². The number of anilines is 2. The second-order valence-corrected chi connectivity index (χ2v) is 2.58. The molecule has 0 bridgehead atoms. The Labute approximate surface area is 63.2 Å². The highest BCUT2D eigenvalue weighted by Gasteiger charge is 1.94. The van der Waals surface area contributed by atoms with E-state index in [9.17, 15) is 0 Å². The molecule has 4 heteroatoms. The van der Waals surface area contributed by atoms with Gasteiger partial charge in [0, 0.05) is 28.3 Å². The maximum absolute atomic E-state index is 8.59. The van der Waals surface area contributed by atoms with E-state index in [1.54, 1.807) is 18.2 Å². The standard InChI is InChI=1S/C6H8N2OS/c7-4-1-5(8)3-6(2-4)10-9/h1-3,9H,7-8H2. The molecule has 10 heavy (non-hydrogen) atoms. The quantitative estimate of drug-likeness (QED) is 0.424. The molecule has 0 fully saturated rings. The van der Waals surface area contributed by atoms with Gasteiger partial charge in [-0.1, -0.05) is 0 Å². The lowest BCUT2D eigenvalue weighted by molar-refractivity contribution is 0.664. The van der Waals surface area contributed by atoms with Gasteiger partial charge in [0.2, 0.25) is 0 Å². The number of hydrogen-bond donors (Lipinski definition) is 3. The lowest BCUT2D eigenvalue weighted by atomic mass is 10.3. The summed E-state index contributed by atoms with van der Waals surface area (Å²) in [6.07, 6.45) is 0. The van der Waals surface area contributed by atoms with Crippen molar-refractivity contribution in [1.82, 2.24) is 0 Å². The first-order chi connectivity index (χ1) is 4.72. The van der Waals surface area contributed by atoms with Crippen LogP contribution >= 0.6 is 12.0 Å². The van der Waals surface area contributed by atoms with Gasteiger partial charge < -0.3 is 16.0 Å². The van der Waals surface area contributed by atoms with Gasteiger partial charge >= 0.3 is 0 Å². The van der Waals surface area contributed by atoms with Crippen molar-refractivity contribution in [2.45, 2.75) is 4.90 Å². The SMILES string of the molecule is Nc1cc(N)cc(SO)c1. The van der Waals surface area contributed by atoms with Gasteiger partial charge in [0.1, 0.15) is 0 Å². The molecule has 1 rings (SSSR count). The molecule has 0 saturated heterocycles. The number of nitrogens with two attached hydrogens (primary N) is 2. The molecule has 54 valence electrons. The molecule has 0 aromatic heterocycles. The third kappa shape index (κ3) is 1.55. The van der Waals surface area contributed by atoms with Gasteiger partial charge in [0.25, 0.3) is 0 Å². The second kappa shape index (κ2) is 2.81. The van der Waals surface area contributed by atoms with Crippen LogP contribution < -0.4 is 11.5 Å². The highest BCUT2D eigenvalue weighted by molar-refractivity contribution is 7.93. The van der Waals surface area contributed by atoms with Crippen molar-refractivity contribution in [3.8, 4) is 0 Å². The molecule has 0 amide bonds. The minimum Gasteiger partial charge on any atom is -0.399 e. The zero-order valence-electron chi connectivity index (χ0n) is 5.24. The van der Waals surface area contributed by atoms with Gasteiger partial charge in [-0.3, -0.25) is 0 Å². The normalized spacial score (nSPS) is 9.70. The smallest absolute Gasteiger partial charge is 0.0391 e. The van der Waals surface area contributed by atoms with Crippen LogP contribution in [-0.4, -0.2) is 4.55 Å². The van der Waals surface area contributed by atoms with Crippen LogP contribution in [0.3, 0.4) is 0 Å². The maximum Gasteiger partial charge on any atom is 0.0391 e. The van der Waals surface area contributed by atoms with Gasteiger partial charge in [-0.15, -0.1) is 0 Å². The van der Waals surface area contributed by atoms with Crippen LogP contribution in [0.4, 0.5) is 11.4 Å². The minimum atomic E-state index is 0.566. The van der Waals surface area contributed by atoms with Crippen LogP contribution in [-0.2, 0) is 0 Å². The highest BCUT2D eigenvalue weighted by Crippen LogP contribution is 2.20. The maximum atomic E-state index is 8.59. The zero-order chi connectivity index (χ0) is 7.56. The Kier molecular flexibility index (Phi) is 2.03. The average molecular weight is 156 g/mol. The number of hydrogen-bond acceptors (Lipinski definition) is 4. The topological polar surface area (TPSA) is 72.3 Å². The Balaban J connectivity index is 3.06. The second-order valence-electron chi connectivity index (χ2n) is 1.93. The molecule has 5 N–H and O–H groups in total. The van der Waals surface area contributed by atoms with Crippen LogP contribution in [0.2, 0.25) is 0 Å². The number of benzene rings is 1. The molecule has 0 heterocycles. The van der Waals surface area contributed by atoms with Crippen LogP contribution in [0.15, 0.2) is 23.1 Å². The molecule has 0 aliphatic rings. The van der Waals surface area contributed by atoms with Crippen LogP contribution in [0.25, 0.3) is 0 Å². The average Bonchev–Trinajstić information content (AvgIpc) is 1.85. The van der Waals surface area contributed by atoms with Crippen molar-refractivity contribution in [2.75, 3.05) is 11.5 Å². The summed E-state index contributed by atoms with van der Waals surface area (Å²) in [6.45, 7) is 0. The van der Waals surface area contributed by atoms with Crippen molar-refractivity contribution in [3.63, 3.8) is 0 Å². The molecule has 0 unspecified atom stereocenters. The van der Waals surface area contributed by atoms with E-state index in [2.05, 4.69) is 0 Å². The van der Waals surface area contributed by atoms with Crippen molar-refractivity contribution in [3.05, 3.63) is 18.2 Å². The molecule has 1 aromatic carbocycles. The van der Waals surface area contributed by atoms with Gasteiger partial charge in [0.15, 0.2) is 0 Å². The summed E-state index contributed by atoms with van der Waals surface area (Å²) >= 11 is 0.637. The molecular formula is C6H8N2OS. The van der Waals surface area contributed by atoms with E-state index in [4.69, 9.17) is 16.0 Å². The fourth-order valence-electron chi connectivity index (χ4n) is 0.699. The molecule has 0 aliphatic heterocycles. The molecule has 3 nitrogen and oxygen atoms in total. The summed E-state index contributed by atoms with van der Waals surface area (Å²) in [4.78, 5) is 0.664. The molecule has 0 atom stereocenters. The van der Waals surface area contributed by atoms with Crippen molar-refractivity contribution >= 4 is 23.4 Å². The Morgan fingerprint density at radius 3 is 2.00 bits per heavy atom. The third-order valence-electron chi connectivity index (χ3n) is 1.06. The van der Waals surface area contributed by atoms with Crippen LogP contribution in [0, 0.1) is 0 Å². The van der Waals surface area contributed by atoms with Crippen LogP contribution in [0.1, 0.15) is 0 Å².